The van der Waals surface area contributed by atoms with Crippen LogP contribution in [0.3, 0.4) is 0 Å². The van der Waals surface area contributed by atoms with Crippen molar-refractivity contribution in [3.8, 4) is 0 Å². The van der Waals surface area contributed by atoms with E-state index in [0.29, 0.717) is 18.7 Å². The molecule has 0 radical (unpaired) electrons. The number of nitrogens with zero attached hydrogens (tertiary/aromatic N) is 2. The molecule has 1 heterocycles. The summed E-state index contributed by atoms with van der Waals surface area (Å²) >= 11 is 0. The Morgan fingerprint density at radius 2 is 2.04 bits per heavy atom. The summed E-state index contributed by atoms with van der Waals surface area (Å²) in [5, 5.41) is 8.02. The topological polar surface area (TPSA) is 82.5 Å². The number of rotatable bonds is 5. The highest BCUT2D eigenvalue weighted by Gasteiger charge is 2.15. The molecule has 7 heteroatoms. The summed E-state index contributed by atoms with van der Waals surface area (Å²) in [6.07, 6.45) is 2.17. The fraction of sp³-hybridized carbons (Fsp3) is 0.471. The van der Waals surface area contributed by atoms with Crippen molar-refractivity contribution in [3.63, 3.8) is 0 Å². The molecule has 2 rings (SSSR count). The molecule has 0 unspecified atom stereocenters. The molecule has 0 saturated heterocycles. The molecule has 0 spiro atoms. The molecule has 0 fully saturated rings. The Balaban J connectivity index is 1.87. The van der Waals surface area contributed by atoms with Gasteiger partial charge in [-0.05, 0) is 45.4 Å². The molecule has 7 nitrogen and oxygen atoms in total. The van der Waals surface area contributed by atoms with Gasteiger partial charge in [-0.15, -0.1) is 0 Å². The van der Waals surface area contributed by atoms with E-state index in [1.54, 1.807) is 22.9 Å². The Morgan fingerprint density at radius 1 is 1.29 bits per heavy atom. The lowest BCUT2D eigenvalue weighted by Gasteiger charge is -2.19. The van der Waals surface area contributed by atoms with Crippen molar-refractivity contribution in [2.45, 2.75) is 39.3 Å². The Bertz CT molecular complexity index is 731. The van der Waals surface area contributed by atoms with Crippen LogP contribution in [0.4, 0.5) is 4.79 Å². The number of carbonyl (C=O) groups excluding carboxylic acids is 2. The third kappa shape index (κ3) is 4.97. The van der Waals surface area contributed by atoms with Crippen molar-refractivity contribution in [1.29, 1.82) is 0 Å². The van der Waals surface area contributed by atoms with Gasteiger partial charge >= 0.3 is 12.1 Å². The molecular formula is C17H23N3O4. The van der Waals surface area contributed by atoms with Gasteiger partial charge in [-0.3, -0.25) is 4.68 Å². The third-order valence-electron chi connectivity index (χ3n) is 3.21. The number of benzene rings is 1. The number of aromatic nitrogens is 2. The highest BCUT2D eigenvalue weighted by Crippen LogP contribution is 2.15. The summed E-state index contributed by atoms with van der Waals surface area (Å²) in [4.78, 5) is 23.1. The first-order chi connectivity index (χ1) is 11.3. The van der Waals surface area contributed by atoms with Gasteiger partial charge in [0.05, 0.1) is 18.2 Å². The number of nitrogens with one attached hydrogen (secondary N) is 1. The minimum absolute atomic E-state index is 0.369. The summed E-state index contributed by atoms with van der Waals surface area (Å²) in [5.41, 5.74) is 0.806. The molecule has 1 N–H and O–H groups in total. The average Bonchev–Trinajstić information content (AvgIpc) is 2.90. The minimum Gasteiger partial charge on any atom is -0.465 e. The number of esters is 1. The summed E-state index contributed by atoms with van der Waals surface area (Å²) in [7, 11) is 1.35. The number of methoxy groups -OCH3 is 1. The predicted octanol–water partition coefficient (Wildman–Crippen LogP) is 2.74. The van der Waals surface area contributed by atoms with Crippen molar-refractivity contribution in [3.05, 3.63) is 30.0 Å². The first kappa shape index (κ1) is 17.8. The summed E-state index contributed by atoms with van der Waals surface area (Å²) in [6, 6.07) is 5.23. The fourth-order valence-electron chi connectivity index (χ4n) is 2.18. The number of alkyl carbamates (subject to hydrolysis) is 1. The number of aryl methyl sites for hydroxylation is 1. The Morgan fingerprint density at radius 3 is 2.71 bits per heavy atom. The summed E-state index contributed by atoms with van der Waals surface area (Å²) in [5.74, 6) is -0.369. The van der Waals surface area contributed by atoms with Crippen molar-refractivity contribution >= 4 is 23.0 Å². The van der Waals surface area contributed by atoms with Gasteiger partial charge < -0.3 is 14.8 Å². The van der Waals surface area contributed by atoms with Crippen LogP contribution in [-0.4, -0.2) is 41.1 Å². The van der Waals surface area contributed by atoms with Crippen molar-refractivity contribution in [2.75, 3.05) is 13.7 Å². The van der Waals surface area contributed by atoms with Crippen molar-refractivity contribution in [1.82, 2.24) is 15.1 Å². The maximum Gasteiger partial charge on any atom is 0.407 e. The molecule has 1 aromatic heterocycles. The van der Waals surface area contributed by atoms with Crippen molar-refractivity contribution in [2.24, 2.45) is 0 Å². The van der Waals surface area contributed by atoms with E-state index < -0.39 is 11.7 Å². The molecule has 2 aromatic rings. The Labute approximate surface area is 140 Å². The molecular weight excluding hydrogens is 310 g/mol. The predicted molar refractivity (Wildman–Crippen MR) is 89.9 cm³/mol. The van der Waals surface area contributed by atoms with Gasteiger partial charge in [-0.2, -0.15) is 5.10 Å². The van der Waals surface area contributed by atoms with Gasteiger partial charge in [0.1, 0.15) is 5.60 Å². The van der Waals surface area contributed by atoms with Gasteiger partial charge in [-0.1, -0.05) is 0 Å². The van der Waals surface area contributed by atoms with Crippen molar-refractivity contribution < 1.29 is 19.1 Å². The molecule has 0 aliphatic heterocycles. The van der Waals surface area contributed by atoms with E-state index in [-0.39, 0.29) is 5.97 Å². The quantitative estimate of drug-likeness (QED) is 0.672. The standard InChI is InChI=1S/C17H23N3O4/c1-17(2,3)24-16(22)18-8-5-9-20-11-13-10-12(15(21)23-4)6-7-14(13)19-20/h6-7,10-11H,5,8-9H2,1-4H3,(H,18,22). The van der Waals surface area contributed by atoms with E-state index in [4.69, 9.17) is 9.47 Å². The van der Waals surface area contributed by atoms with Gasteiger partial charge in [0, 0.05) is 24.7 Å². The van der Waals surface area contributed by atoms with E-state index in [1.807, 2.05) is 27.0 Å². The molecule has 0 aliphatic rings. The van der Waals surface area contributed by atoms with Crippen LogP contribution in [-0.2, 0) is 16.0 Å². The van der Waals surface area contributed by atoms with E-state index in [9.17, 15) is 9.59 Å². The molecule has 0 bridgehead atoms. The first-order valence-electron chi connectivity index (χ1n) is 7.81. The smallest absolute Gasteiger partial charge is 0.407 e. The van der Waals surface area contributed by atoms with Crippen LogP contribution in [0.15, 0.2) is 24.4 Å². The molecule has 0 atom stereocenters. The number of hydrogen-bond acceptors (Lipinski definition) is 5. The zero-order valence-corrected chi connectivity index (χ0v) is 14.5. The van der Waals surface area contributed by atoms with Crippen LogP contribution in [0.1, 0.15) is 37.6 Å². The van der Waals surface area contributed by atoms with Gasteiger partial charge in [0.2, 0.25) is 0 Å². The largest absolute Gasteiger partial charge is 0.465 e. The monoisotopic (exact) mass is 333 g/mol. The molecule has 130 valence electrons. The van der Waals surface area contributed by atoms with E-state index in [2.05, 4.69) is 10.4 Å². The highest BCUT2D eigenvalue weighted by atomic mass is 16.6. The van der Waals surface area contributed by atoms with E-state index in [0.717, 1.165) is 17.3 Å². The SMILES string of the molecule is COC(=O)c1ccc2nn(CCCNC(=O)OC(C)(C)C)cc2c1. The third-order valence-corrected chi connectivity index (χ3v) is 3.21. The van der Waals surface area contributed by atoms with Crippen LogP contribution in [0.5, 0.6) is 0 Å². The Kier molecular flexibility index (Phi) is 5.43. The van der Waals surface area contributed by atoms with Crippen LogP contribution >= 0.6 is 0 Å². The lowest BCUT2D eigenvalue weighted by Crippen LogP contribution is -2.33. The second-order valence-corrected chi connectivity index (χ2v) is 6.44. The molecule has 0 saturated carbocycles. The Hall–Kier alpha value is -2.57. The summed E-state index contributed by atoms with van der Waals surface area (Å²) < 4.78 is 11.7. The lowest BCUT2D eigenvalue weighted by molar-refractivity contribution is 0.0525. The first-order valence-corrected chi connectivity index (χ1v) is 7.81. The molecule has 1 aromatic carbocycles. The number of hydrogen-bond donors (Lipinski definition) is 1. The maximum atomic E-state index is 11.5. The fourth-order valence-corrected chi connectivity index (χ4v) is 2.18. The van der Waals surface area contributed by atoms with Gasteiger partial charge in [0.15, 0.2) is 0 Å². The van der Waals surface area contributed by atoms with Crippen LogP contribution in [0.2, 0.25) is 0 Å². The molecule has 24 heavy (non-hydrogen) atoms. The number of carbonyl (C=O) groups is 2. The van der Waals surface area contributed by atoms with Gasteiger partial charge in [0.25, 0.3) is 0 Å². The minimum atomic E-state index is -0.499. The molecule has 0 aliphatic carbocycles. The summed E-state index contributed by atoms with van der Waals surface area (Å²) in [6.45, 7) is 6.62. The zero-order chi connectivity index (χ0) is 17.7. The average molecular weight is 333 g/mol. The normalized spacial score (nSPS) is 11.3. The van der Waals surface area contributed by atoms with Crippen LogP contribution < -0.4 is 5.32 Å². The van der Waals surface area contributed by atoms with E-state index >= 15 is 0 Å². The maximum absolute atomic E-state index is 11.5. The number of fused-ring (bicyclic) bond motifs is 1. The highest BCUT2D eigenvalue weighted by molar-refractivity contribution is 5.94. The number of amides is 1. The second kappa shape index (κ2) is 7.33. The van der Waals surface area contributed by atoms with Crippen LogP contribution in [0, 0.1) is 0 Å². The zero-order valence-electron chi connectivity index (χ0n) is 14.5. The lowest BCUT2D eigenvalue weighted by atomic mass is 10.2. The number of ether oxygens (including phenoxy) is 2. The molecule has 1 amide bonds. The van der Waals surface area contributed by atoms with E-state index in [1.165, 1.54) is 7.11 Å². The van der Waals surface area contributed by atoms with Crippen LogP contribution in [0.25, 0.3) is 10.9 Å². The van der Waals surface area contributed by atoms with Gasteiger partial charge in [-0.25, -0.2) is 9.59 Å². The second-order valence-electron chi connectivity index (χ2n) is 6.44.